The molecule has 0 saturated heterocycles. The van der Waals surface area contributed by atoms with Crippen LogP contribution in [0.25, 0.3) is 5.57 Å². The number of rotatable bonds is 5. The van der Waals surface area contributed by atoms with Gasteiger partial charge in [-0.25, -0.2) is 4.90 Å². The molecule has 0 unspecified atom stereocenters. The van der Waals surface area contributed by atoms with Crippen molar-refractivity contribution in [1.82, 2.24) is 0 Å². The number of hydrogen-bond acceptors (Lipinski definition) is 3. The van der Waals surface area contributed by atoms with Crippen LogP contribution in [0.5, 0.6) is 5.75 Å². The summed E-state index contributed by atoms with van der Waals surface area (Å²) in [7, 11) is 0. The number of nitrogens with zero attached hydrogens (tertiary/aromatic N) is 1. The van der Waals surface area contributed by atoms with E-state index >= 15 is 0 Å². The molecule has 140 valence electrons. The first-order valence-corrected chi connectivity index (χ1v) is 9.33. The first-order chi connectivity index (χ1) is 12.8. The van der Waals surface area contributed by atoms with E-state index in [1.807, 2.05) is 0 Å². The first kappa shape index (κ1) is 19.5. The molecule has 2 aromatic carbocycles. The maximum Gasteiger partial charge on any atom is 0.277 e. The maximum atomic E-state index is 13.0. The third-order valence-electron chi connectivity index (χ3n) is 4.15. The van der Waals surface area contributed by atoms with Crippen molar-refractivity contribution in [3.8, 4) is 5.75 Å². The van der Waals surface area contributed by atoms with Crippen molar-refractivity contribution in [1.29, 1.82) is 0 Å². The van der Waals surface area contributed by atoms with Gasteiger partial charge in [-0.15, -0.1) is 0 Å². The van der Waals surface area contributed by atoms with Gasteiger partial charge in [0.15, 0.2) is 0 Å². The predicted octanol–water partition coefficient (Wildman–Crippen LogP) is 5.21. The van der Waals surface area contributed by atoms with Crippen molar-refractivity contribution in [2.24, 2.45) is 5.92 Å². The number of imide groups is 1. The Bertz CT molecular complexity index is 933. The fourth-order valence-electron chi connectivity index (χ4n) is 2.82. The van der Waals surface area contributed by atoms with Gasteiger partial charge in [-0.3, -0.25) is 9.59 Å². The van der Waals surface area contributed by atoms with E-state index in [1.165, 1.54) is 0 Å². The zero-order valence-corrected chi connectivity index (χ0v) is 16.8. The number of aryl methyl sites for hydroxylation is 1. The van der Waals surface area contributed by atoms with Crippen LogP contribution in [0, 0.1) is 12.8 Å². The van der Waals surface area contributed by atoms with Gasteiger partial charge in [0.1, 0.15) is 10.8 Å². The van der Waals surface area contributed by atoms with E-state index in [4.69, 9.17) is 27.9 Å². The summed E-state index contributed by atoms with van der Waals surface area (Å²) >= 11 is 12.2. The number of benzene rings is 2. The molecule has 0 bridgehead atoms. The van der Waals surface area contributed by atoms with Crippen molar-refractivity contribution in [3.05, 3.63) is 63.6 Å². The van der Waals surface area contributed by atoms with Crippen LogP contribution in [0.3, 0.4) is 0 Å². The molecule has 3 rings (SSSR count). The Hall–Kier alpha value is -2.30. The first-order valence-electron chi connectivity index (χ1n) is 8.57. The molecule has 1 heterocycles. The van der Waals surface area contributed by atoms with Gasteiger partial charge in [-0.05, 0) is 54.3 Å². The smallest absolute Gasteiger partial charge is 0.277 e. The molecule has 0 fully saturated rings. The van der Waals surface area contributed by atoms with Crippen LogP contribution in [0.4, 0.5) is 5.69 Å². The Morgan fingerprint density at radius 1 is 1.00 bits per heavy atom. The summed E-state index contributed by atoms with van der Waals surface area (Å²) in [5.41, 5.74) is 1.95. The number of carbonyl (C=O) groups is 2. The molecule has 0 N–H and O–H groups in total. The third kappa shape index (κ3) is 3.87. The number of anilines is 1. The van der Waals surface area contributed by atoms with Gasteiger partial charge in [-0.2, -0.15) is 0 Å². The molecule has 1 aliphatic heterocycles. The second-order valence-electron chi connectivity index (χ2n) is 6.79. The molecule has 0 atom stereocenters. The highest BCUT2D eigenvalue weighted by Crippen LogP contribution is 2.37. The number of ether oxygens (including phenoxy) is 1. The lowest BCUT2D eigenvalue weighted by Gasteiger charge is -2.17. The fraction of sp³-hybridized carbons (Fsp3) is 0.238. The van der Waals surface area contributed by atoms with Gasteiger partial charge >= 0.3 is 0 Å². The van der Waals surface area contributed by atoms with E-state index in [-0.39, 0.29) is 10.6 Å². The summed E-state index contributed by atoms with van der Waals surface area (Å²) in [5, 5.41) is 0.441. The number of carbonyl (C=O) groups excluding carboxylic acids is 2. The highest BCUT2D eigenvalue weighted by atomic mass is 35.5. The monoisotopic (exact) mass is 403 g/mol. The standard InChI is InChI=1S/C21H19Cl2NO3/c1-12(2)11-27-16-7-4-14(5-8-16)18-19(23)21(26)24(20(18)25)17-9-6-15(22)10-13(17)3/h4-10,12H,11H2,1-3H3. The van der Waals surface area contributed by atoms with Gasteiger partial charge in [0.2, 0.25) is 0 Å². The minimum atomic E-state index is -0.540. The minimum absolute atomic E-state index is 0.0924. The third-order valence-corrected chi connectivity index (χ3v) is 4.74. The second kappa shape index (κ2) is 7.75. The summed E-state index contributed by atoms with van der Waals surface area (Å²) in [4.78, 5) is 26.7. The highest BCUT2D eigenvalue weighted by Gasteiger charge is 2.39. The van der Waals surface area contributed by atoms with Gasteiger partial charge in [-0.1, -0.05) is 49.2 Å². The average molecular weight is 404 g/mol. The van der Waals surface area contributed by atoms with Crippen molar-refractivity contribution >= 4 is 46.3 Å². The fourth-order valence-corrected chi connectivity index (χ4v) is 3.32. The molecule has 0 radical (unpaired) electrons. The summed E-state index contributed by atoms with van der Waals surface area (Å²) in [6, 6.07) is 12.0. The van der Waals surface area contributed by atoms with E-state index in [1.54, 1.807) is 49.4 Å². The van der Waals surface area contributed by atoms with Crippen molar-refractivity contribution < 1.29 is 14.3 Å². The van der Waals surface area contributed by atoms with E-state index in [0.29, 0.717) is 40.1 Å². The summed E-state index contributed by atoms with van der Waals surface area (Å²) in [6.07, 6.45) is 0. The Kier molecular flexibility index (Phi) is 5.59. The Balaban J connectivity index is 1.90. The molecule has 2 aromatic rings. The van der Waals surface area contributed by atoms with Crippen LogP contribution >= 0.6 is 23.2 Å². The SMILES string of the molecule is Cc1cc(Cl)ccc1N1C(=O)C(Cl)=C(c2ccc(OCC(C)C)cc2)C1=O. The average Bonchev–Trinajstić information content (AvgIpc) is 2.84. The molecule has 27 heavy (non-hydrogen) atoms. The van der Waals surface area contributed by atoms with Crippen molar-refractivity contribution in [3.63, 3.8) is 0 Å². The van der Waals surface area contributed by atoms with Crippen LogP contribution in [-0.4, -0.2) is 18.4 Å². The molecule has 6 heteroatoms. The summed E-state index contributed by atoms with van der Waals surface area (Å²) < 4.78 is 5.65. The van der Waals surface area contributed by atoms with Gasteiger partial charge in [0.25, 0.3) is 11.8 Å². The van der Waals surface area contributed by atoms with Crippen molar-refractivity contribution in [2.75, 3.05) is 11.5 Å². The topological polar surface area (TPSA) is 46.6 Å². The quantitative estimate of drug-likeness (QED) is 0.643. The van der Waals surface area contributed by atoms with Crippen LogP contribution in [0.2, 0.25) is 5.02 Å². The van der Waals surface area contributed by atoms with Crippen LogP contribution < -0.4 is 9.64 Å². The van der Waals surface area contributed by atoms with E-state index in [2.05, 4.69) is 13.8 Å². The largest absolute Gasteiger partial charge is 0.493 e. The molecular formula is C21H19Cl2NO3. The van der Waals surface area contributed by atoms with E-state index < -0.39 is 11.8 Å². The summed E-state index contributed by atoms with van der Waals surface area (Å²) in [5.74, 6) is 0.117. The lowest BCUT2D eigenvalue weighted by atomic mass is 10.1. The predicted molar refractivity (Wildman–Crippen MR) is 108 cm³/mol. The Labute approximate surface area is 168 Å². The normalized spacial score (nSPS) is 14.5. The zero-order valence-electron chi connectivity index (χ0n) is 15.3. The van der Waals surface area contributed by atoms with Crippen molar-refractivity contribution in [2.45, 2.75) is 20.8 Å². The zero-order chi connectivity index (χ0) is 19.7. The lowest BCUT2D eigenvalue weighted by molar-refractivity contribution is -0.119. The van der Waals surface area contributed by atoms with Gasteiger partial charge in [0.05, 0.1) is 17.9 Å². The molecule has 1 aliphatic rings. The molecular weight excluding hydrogens is 385 g/mol. The van der Waals surface area contributed by atoms with Gasteiger partial charge in [0, 0.05) is 5.02 Å². The molecule has 0 saturated carbocycles. The minimum Gasteiger partial charge on any atom is -0.493 e. The molecule has 2 amide bonds. The summed E-state index contributed by atoms with van der Waals surface area (Å²) in [6.45, 7) is 6.52. The highest BCUT2D eigenvalue weighted by molar-refractivity contribution is 6.60. The van der Waals surface area contributed by atoms with Gasteiger partial charge < -0.3 is 4.74 Å². The molecule has 0 aromatic heterocycles. The molecule has 4 nitrogen and oxygen atoms in total. The number of amides is 2. The molecule has 0 spiro atoms. The van der Waals surface area contributed by atoms with E-state index in [9.17, 15) is 9.59 Å². The maximum absolute atomic E-state index is 13.0. The molecule has 0 aliphatic carbocycles. The van der Waals surface area contributed by atoms with Crippen LogP contribution in [-0.2, 0) is 9.59 Å². The van der Waals surface area contributed by atoms with Crippen LogP contribution in [0.1, 0.15) is 25.0 Å². The second-order valence-corrected chi connectivity index (χ2v) is 7.61. The number of halogens is 2. The Morgan fingerprint density at radius 3 is 2.26 bits per heavy atom. The lowest BCUT2D eigenvalue weighted by Crippen LogP contribution is -2.31. The number of hydrogen-bond donors (Lipinski definition) is 0. The Morgan fingerprint density at radius 2 is 1.67 bits per heavy atom. The van der Waals surface area contributed by atoms with E-state index in [0.717, 1.165) is 4.90 Å². The van der Waals surface area contributed by atoms with Crippen LogP contribution in [0.15, 0.2) is 47.5 Å².